The summed E-state index contributed by atoms with van der Waals surface area (Å²) in [5.41, 5.74) is 0.676. The number of benzene rings is 2. The maximum absolute atomic E-state index is 12.3. The molecule has 0 aliphatic rings. The van der Waals surface area contributed by atoms with Gasteiger partial charge < -0.3 is 9.64 Å². The number of nitrogens with zero attached hydrogens (tertiary/aromatic N) is 2. The number of hydrogen-bond donors (Lipinski definition) is 0. The Kier molecular flexibility index (Phi) is 6.67. The van der Waals surface area contributed by atoms with Crippen LogP contribution in [-0.4, -0.2) is 35.8 Å². The van der Waals surface area contributed by atoms with Gasteiger partial charge in [-0.1, -0.05) is 48.0 Å². The maximum atomic E-state index is 12.3. The highest BCUT2D eigenvalue weighted by atomic mass is 35.5. The number of esters is 1. The van der Waals surface area contributed by atoms with E-state index in [1.807, 2.05) is 0 Å². The van der Waals surface area contributed by atoms with Gasteiger partial charge in [-0.15, -0.1) is 0 Å². The van der Waals surface area contributed by atoms with Crippen LogP contribution >= 0.6 is 11.6 Å². The van der Waals surface area contributed by atoms with E-state index in [4.69, 9.17) is 16.3 Å². The lowest BCUT2D eigenvalue weighted by molar-refractivity contribution is -0.384. The summed E-state index contributed by atoms with van der Waals surface area (Å²) in [7, 11) is 3.13. The fraction of sp³-hybridized carbons (Fsp3) is 0.158. The third-order valence-corrected chi connectivity index (χ3v) is 3.90. The second-order valence-corrected chi connectivity index (χ2v) is 6.17. The Hall–Kier alpha value is -3.19. The predicted molar refractivity (Wildman–Crippen MR) is 101 cm³/mol. The van der Waals surface area contributed by atoms with Gasteiger partial charge in [0.1, 0.15) is 5.02 Å². The first-order chi connectivity index (χ1) is 12.8. The number of hydrogen-bond acceptors (Lipinski definition) is 5. The Bertz CT molecular complexity index is 881. The molecule has 0 fully saturated rings. The zero-order valence-electron chi connectivity index (χ0n) is 14.7. The summed E-state index contributed by atoms with van der Waals surface area (Å²) < 4.78 is 5.31. The van der Waals surface area contributed by atoms with Crippen LogP contribution < -0.4 is 0 Å². The highest BCUT2D eigenvalue weighted by Gasteiger charge is 2.25. The van der Waals surface area contributed by atoms with Crippen molar-refractivity contribution in [2.75, 3.05) is 14.1 Å². The Balaban J connectivity index is 2.18. The molecule has 0 heterocycles. The molecule has 0 spiro atoms. The molecular formula is C19H17ClN2O5. The lowest BCUT2D eigenvalue weighted by Crippen LogP contribution is -2.30. The third-order valence-electron chi connectivity index (χ3n) is 3.58. The summed E-state index contributed by atoms with van der Waals surface area (Å²) >= 11 is 5.76. The molecule has 27 heavy (non-hydrogen) atoms. The number of nitro benzene ring substituents is 1. The maximum Gasteiger partial charge on any atom is 0.331 e. The number of nitro groups is 1. The molecule has 2 rings (SSSR count). The van der Waals surface area contributed by atoms with Crippen LogP contribution in [0.1, 0.15) is 17.2 Å². The molecule has 2 aromatic rings. The minimum atomic E-state index is -1.09. The van der Waals surface area contributed by atoms with E-state index in [1.165, 1.54) is 29.2 Å². The molecule has 0 N–H and O–H groups in total. The second-order valence-electron chi connectivity index (χ2n) is 5.76. The predicted octanol–water partition coefficient (Wildman–Crippen LogP) is 3.63. The molecule has 0 aromatic heterocycles. The molecule has 1 atom stereocenters. The Morgan fingerprint density at radius 1 is 1.19 bits per heavy atom. The smallest absolute Gasteiger partial charge is 0.331 e. The number of likely N-dealkylation sites (N-methyl/N-ethyl adjacent to an activating group) is 1. The molecule has 0 aliphatic carbocycles. The Labute approximate surface area is 161 Å². The molecule has 0 saturated heterocycles. The summed E-state index contributed by atoms with van der Waals surface area (Å²) in [6.45, 7) is 0. The van der Waals surface area contributed by atoms with Crippen LogP contribution in [0, 0.1) is 10.1 Å². The van der Waals surface area contributed by atoms with Gasteiger partial charge in [-0.3, -0.25) is 14.9 Å². The lowest BCUT2D eigenvalue weighted by atomic mass is 10.1. The SMILES string of the molecule is CN(C)C(=O)C(OC(=O)/C=C/c1ccc(Cl)c([N+](=O)[O-])c1)c1ccccc1. The molecule has 1 amide bonds. The van der Waals surface area contributed by atoms with Gasteiger partial charge in [-0.25, -0.2) is 4.79 Å². The van der Waals surface area contributed by atoms with Crippen LogP contribution in [0.3, 0.4) is 0 Å². The van der Waals surface area contributed by atoms with Gasteiger partial charge in [-0.2, -0.15) is 0 Å². The van der Waals surface area contributed by atoms with Crippen LogP contribution in [0.2, 0.25) is 5.02 Å². The molecule has 8 heteroatoms. The monoisotopic (exact) mass is 388 g/mol. The standard InChI is InChI=1S/C19H17ClN2O5/c1-21(2)19(24)18(14-6-4-3-5-7-14)27-17(23)11-9-13-8-10-15(20)16(12-13)22(25)26/h3-12,18H,1-2H3/b11-9+. The zero-order valence-corrected chi connectivity index (χ0v) is 15.4. The number of rotatable bonds is 6. The largest absolute Gasteiger partial charge is 0.444 e. The van der Waals surface area contributed by atoms with Crippen LogP contribution in [0.5, 0.6) is 0 Å². The van der Waals surface area contributed by atoms with E-state index in [2.05, 4.69) is 0 Å². The highest BCUT2D eigenvalue weighted by molar-refractivity contribution is 6.32. The van der Waals surface area contributed by atoms with Crippen LogP contribution in [0.25, 0.3) is 6.08 Å². The highest BCUT2D eigenvalue weighted by Crippen LogP contribution is 2.26. The quantitative estimate of drug-likeness (QED) is 0.326. The van der Waals surface area contributed by atoms with Crippen molar-refractivity contribution in [3.05, 3.63) is 80.9 Å². The molecule has 2 aromatic carbocycles. The van der Waals surface area contributed by atoms with Crippen molar-refractivity contribution < 1.29 is 19.2 Å². The fourth-order valence-corrected chi connectivity index (χ4v) is 2.40. The van der Waals surface area contributed by atoms with Crippen molar-refractivity contribution in [2.45, 2.75) is 6.10 Å². The summed E-state index contributed by atoms with van der Waals surface area (Å²) in [6, 6.07) is 12.8. The molecule has 0 radical (unpaired) electrons. The van der Waals surface area contributed by atoms with Gasteiger partial charge in [0.15, 0.2) is 0 Å². The first-order valence-corrected chi connectivity index (χ1v) is 8.26. The van der Waals surface area contributed by atoms with Gasteiger partial charge in [0.05, 0.1) is 4.92 Å². The first kappa shape index (κ1) is 20.1. The summed E-state index contributed by atoms with van der Waals surface area (Å²) in [6.07, 6.45) is 1.37. The molecule has 7 nitrogen and oxygen atoms in total. The van der Waals surface area contributed by atoms with E-state index in [-0.39, 0.29) is 16.6 Å². The van der Waals surface area contributed by atoms with E-state index < -0.39 is 17.0 Å². The van der Waals surface area contributed by atoms with E-state index in [1.54, 1.807) is 44.4 Å². The number of ether oxygens (including phenoxy) is 1. The van der Waals surface area contributed by atoms with Crippen molar-refractivity contribution in [3.63, 3.8) is 0 Å². The van der Waals surface area contributed by atoms with Gasteiger partial charge in [-0.05, 0) is 17.7 Å². The van der Waals surface area contributed by atoms with Crippen LogP contribution in [-0.2, 0) is 14.3 Å². The zero-order chi connectivity index (χ0) is 20.0. The van der Waals surface area contributed by atoms with E-state index in [9.17, 15) is 19.7 Å². The first-order valence-electron chi connectivity index (χ1n) is 7.88. The molecule has 1 unspecified atom stereocenters. The normalized spacial score (nSPS) is 11.8. The van der Waals surface area contributed by atoms with Crippen LogP contribution in [0.15, 0.2) is 54.6 Å². The summed E-state index contributed by atoms with van der Waals surface area (Å²) in [5.74, 6) is -1.14. The summed E-state index contributed by atoms with van der Waals surface area (Å²) in [4.78, 5) is 36.2. The van der Waals surface area contributed by atoms with Gasteiger partial charge in [0.2, 0.25) is 6.10 Å². The Morgan fingerprint density at radius 2 is 1.85 bits per heavy atom. The molecule has 0 saturated carbocycles. The van der Waals surface area contributed by atoms with Crippen molar-refractivity contribution in [1.82, 2.24) is 4.90 Å². The van der Waals surface area contributed by atoms with Gasteiger partial charge in [0.25, 0.3) is 11.6 Å². The number of amides is 1. The topological polar surface area (TPSA) is 89.8 Å². The number of halogens is 1. The average molecular weight is 389 g/mol. The minimum absolute atomic E-state index is 0.000415. The third kappa shape index (κ3) is 5.39. The second kappa shape index (κ2) is 8.95. The van der Waals surface area contributed by atoms with Crippen molar-refractivity contribution >= 4 is 35.2 Å². The van der Waals surface area contributed by atoms with Crippen molar-refractivity contribution in [3.8, 4) is 0 Å². The molecule has 0 aliphatic heterocycles. The summed E-state index contributed by atoms with van der Waals surface area (Å²) in [5, 5.41) is 10.9. The number of carbonyl (C=O) groups excluding carboxylic acids is 2. The van der Waals surface area contributed by atoms with E-state index >= 15 is 0 Å². The van der Waals surface area contributed by atoms with Gasteiger partial charge in [0, 0.05) is 31.8 Å². The van der Waals surface area contributed by atoms with E-state index in [0.29, 0.717) is 11.1 Å². The molecule has 140 valence electrons. The van der Waals surface area contributed by atoms with E-state index in [0.717, 1.165) is 6.08 Å². The Morgan fingerprint density at radius 3 is 2.44 bits per heavy atom. The molecular weight excluding hydrogens is 372 g/mol. The molecule has 0 bridgehead atoms. The minimum Gasteiger partial charge on any atom is -0.444 e. The fourth-order valence-electron chi connectivity index (χ4n) is 2.22. The van der Waals surface area contributed by atoms with Crippen molar-refractivity contribution in [1.29, 1.82) is 0 Å². The lowest BCUT2D eigenvalue weighted by Gasteiger charge is -2.20. The number of carbonyl (C=O) groups is 2. The average Bonchev–Trinajstić information content (AvgIpc) is 2.65. The van der Waals surface area contributed by atoms with Crippen molar-refractivity contribution in [2.24, 2.45) is 0 Å². The van der Waals surface area contributed by atoms with Gasteiger partial charge >= 0.3 is 5.97 Å². The van der Waals surface area contributed by atoms with Crippen LogP contribution in [0.4, 0.5) is 5.69 Å².